The summed E-state index contributed by atoms with van der Waals surface area (Å²) >= 11 is 0. The van der Waals surface area contributed by atoms with E-state index < -0.39 is 0 Å². The van der Waals surface area contributed by atoms with E-state index in [2.05, 4.69) is 15.5 Å². The number of amides is 1. The number of nitrogens with one attached hydrogen (secondary N) is 1. The van der Waals surface area contributed by atoms with Gasteiger partial charge in [-0.3, -0.25) is 9.78 Å². The summed E-state index contributed by atoms with van der Waals surface area (Å²) in [5.41, 5.74) is 4.37. The molecule has 2 aromatic rings. The summed E-state index contributed by atoms with van der Waals surface area (Å²) < 4.78 is 0. The van der Waals surface area contributed by atoms with Gasteiger partial charge in [-0.05, 0) is 29.8 Å². The SMILES string of the molecule is CN(CC(=O)N/N=C\c1ccncc1)c1ccccc1. The highest BCUT2D eigenvalue weighted by atomic mass is 16.2. The van der Waals surface area contributed by atoms with Crippen molar-refractivity contribution in [2.45, 2.75) is 0 Å². The van der Waals surface area contributed by atoms with Crippen molar-refractivity contribution in [1.29, 1.82) is 0 Å². The number of pyridine rings is 1. The monoisotopic (exact) mass is 268 g/mol. The van der Waals surface area contributed by atoms with E-state index in [1.54, 1.807) is 18.6 Å². The quantitative estimate of drug-likeness (QED) is 0.663. The number of carbonyl (C=O) groups is 1. The topological polar surface area (TPSA) is 57.6 Å². The Kier molecular flexibility index (Phi) is 4.83. The third kappa shape index (κ3) is 4.20. The van der Waals surface area contributed by atoms with Crippen molar-refractivity contribution in [2.24, 2.45) is 5.10 Å². The lowest BCUT2D eigenvalue weighted by atomic mass is 10.3. The average Bonchev–Trinajstić information content (AvgIpc) is 2.49. The number of hydrogen-bond acceptors (Lipinski definition) is 4. The third-order valence-electron chi connectivity index (χ3n) is 2.69. The normalized spacial score (nSPS) is 10.4. The summed E-state index contributed by atoms with van der Waals surface area (Å²) in [5, 5.41) is 3.91. The molecule has 0 saturated heterocycles. The maximum atomic E-state index is 11.7. The van der Waals surface area contributed by atoms with E-state index in [-0.39, 0.29) is 12.5 Å². The maximum Gasteiger partial charge on any atom is 0.259 e. The van der Waals surface area contributed by atoms with E-state index in [4.69, 9.17) is 0 Å². The molecule has 0 aliphatic rings. The third-order valence-corrected chi connectivity index (χ3v) is 2.69. The van der Waals surface area contributed by atoms with Gasteiger partial charge < -0.3 is 4.90 Å². The first-order valence-corrected chi connectivity index (χ1v) is 6.24. The maximum absolute atomic E-state index is 11.7. The number of nitrogens with zero attached hydrogens (tertiary/aromatic N) is 3. The molecule has 102 valence electrons. The van der Waals surface area contributed by atoms with Crippen LogP contribution in [0, 0.1) is 0 Å². The van der Waals surface area contributed by atoms with Gasteiger partial charge in [-0.2, -0.15) is 5.10 Å². The molecule has 0 fully saturated rings. The molecule has 1 N–H and O–H groups in total. The first kappa shape index (κ1) is 13.7. The van der Waals surface area contributed by atoms with Gasteiger partial charge in [0, 0.05) is 25.1 Å². The molecule has 0 unspecified atom stereocenters. The van der Waals surface area contributed by atoms with E-state index in [0.29, 0.717) is 0 Å². The summed E-state index contributed by atoms with van der Waals surface area (Å²) in [6, 6.07) is 13.3. The largest absolute Gasteiger partial charge is 0.365 e. The van der Waals surface area contributed by atoms with Crippen LogP contribution in [-0.2, 0) is 4.79 Å². The lowest BCUT2D eigenvalue weighted by molar-refractivity contribution is -0.119. The van der Waals surface area contributed by atoms with Crippen LogP contribution in [0.3, 0.4) is 0 Å². The van der Waals surface area contributed by atoms with E-state index in [9.17, 15) is 4.79 Å². The highest BCUT2D eigenvalue weighted by Crippen LogP contribution is 2.09. The van der Waals surface area contributed by atoms with Gasteiger partial charge in [0.2, 0.25) is 0 Å². The molecule has 20 heavy (non-hydrogen) atoms. The molecule has 0 bridgehead atoms. The number of carbonyl (C=O) groups excluding carboxylic acids is 1. The molecule has 0 spiro atoms. The minimum absolute atomic E-state index is 0.165. The zero-order chi connectivity index (χ0) is 14.2. The van der Waals surface area contributed by atoms with Crippen molar-refractivity contribution in [3.8, 4) is 0 Å². The van der Waals surface area contributed by atoms with Gasteiger partial charge in [-0.1, -0.05) is 18.2 Å². The van der Waals surface area contributed by atoms with Crippen LogP contribution in [0.1, 0.15) is 5.56 Å². The molecule has 0 radical (unpaired) electrons. The van der Waals surface area contributed by atoms with Gasteiger partial charge in [0.1, 0.15) is 0 Å². The van der Waals surface area contributed by atoms with Crippen LogP contribution in [0.25, 0.3) is 0 Å². The molecular formula is C15H16N4O. The molecular weight excluding hydrogens is 252 g/mol. The fourth-order valence-electron chi connectivity index (χ4n) is 1.65. The number of benzene rings is 1. The first-order chi connectivity index (χ1) is 9.75. The highest BCUT2D eigenvalue weighted by molar-refractivity contribution is 5.84. The van der Waals surface area contributed by atoms with E-state index in [0.717, 1.165) is 11.3 Å². The van der Waals surface area contributed by atoms with Crippen LogP contribution in [0.15, 0.2) is 60.0 Å². The van der Waals surface area contributed by atoms with Gasteiger partial charge in [0.25, 0.3) is 5.91 Å². The second-order valence-corrected chi connectivity index (χ2v) is 4.27. The Morgan fingerprint density at radius 2 is 1.95 bits per heavy atom. The number of anilines is 1. The second-order valence-electron chi connectivity index (χ2n) is 4.27. The van der Waals surface area contributed by atoms with Crippen molar-refractivity contribution in [3.63, 3.8) is 0 Å². The number of aromatic nitrogens is 1. The molecule has 1 heterocycles. The molecule has 0 aliphatic heterocycles. The minimum Gasteiger partial charge on any atom is -0.365 e. The summed E-state index contributed by atoms with van der Waals surface area (Å²) in [6.07, 6.45) is 4.93. The zero-order valence-corrected chi connectivity index (χ0v) is 11.2. The van der Waals surface area contributed by atoms with Crippen molar-refractivity contribution >= 4 is 17.8 Å². The van der Waals surface area contributed by atoms with E-state index in [1.807, 2.05) is 54.4 Å². The number of para-hydroxylation sites is 1. The molecule has 0 atom stereocenters. The smallest absolute Gasteiger partial charge is 0.259 e. The summed E-state index contributed by atoms with van der Waals surface area (Å²) in [5.74, 6) is -0.165. The number of hydrazone groups is 1. The van der Waals surface area contributed by atoms with Crippen molar-refractivity contribution in [1.82, 2.24) is 10.4 Å². The molecule has 1 aromatic heterocycles. The van der Waals surface area contributed by atoms with Gasteiger partial charge in [-0.15, -0.1) is 0 Å². The number of likely N-dealkylation sites (N-methyl/N-ethyl adjacent to an activating group) is 1. The van der Waals surface area contributed by atoms with Crippen LogP contribution in [-0.4, -0.2) is 30.7 Å². The highest BCUT2D eigenvalue weighted by Gasteiger charge is 2.05. The molecule has 2 rings (SSSR count). The Morgan fingerprint density at radius 1 is 1.25 bits per heavy atom. The van der Waals surface area contributed by atoms with Crippen LogP contribution in [0.2, 0.25) is 0 Å². The summed E-state index contributed by atoms with van der Waals surface area (Å²) in [6.45, 7) is 0.248. The van der Waals surface area contributed by atoms with Crippen molar-refractivity contribution < 1.29 is 4.79 Å². The lowest BCUT2D eigenvalue weighted by Crippen LogP contribution is -2.32. The van der Waals surface area contributed by atoms with Gasteiger partial charge >= 0.3 is 0 Å². The van der Waals surface area contributed by atoms with E-state index >= 15 is 0 Å². The Balaban J connectivity index is 1.83. The number of hydrogen-bond donors (Lipinski definition) is 1. The molecule has 0 saturated carbocycles. The molecule has 1 amide bonds. The zero-order valence-electron chi connectivity index (χ0n) is 11.2. The Bertz CT molecular complexity index is 569. The van der Waals surface area contributed by atoms with Crippen molar-refractivity contribution in [2.75, 3.05) is 18.5 Å². The lowest BCUT2D eigenvalue weighted by Gasteiger charge is -2.17. The average molecular weight is 268 g/mol. The van der Waals surface area contributed by atoms with Crippen LogP contribution in [0.4, 0.5) is 5.69 Å². The Morgan fingerprint density at radius 3 is 2.65 bits per heavy atom. The molecule has 5 heteroatoms. The minimum atomic E-state index is -0.165. The standard InChI is InChI=1S/C15H16N4O/c1-19(14-5-3-2-4-6-14)12-15(20)18-17-11-13-7-9-16-10-8-13/h2-11H,12H2,1H3,(H,18,20)/b17-11-. The van der Waals surface area contributed by atoms with Crippen LogP contribution in [0.5, 0.6) is 0 Å². The fourth-order valence-corrected chi connectivity index (χ4v) is 1.65. The number of rotatable bonds is 5. The van der Waals surface area contributed by atoms with Gasteiger partial charge in [0.15, 0.2) is 0 Å². The molecule has 0 aliphatic carbocycles. The van der Waals surface area contributed by atoms with Gasteiger partial charge in [-0.25, -0.2) is 5.43 Å². The fraction of sp³-hybridized carbons (Fsp3) is 0.133. The summed E-state index contributed by atoms with van der Waals surface area (Å²) in [7, 11) is 1.86. The predicted molar refractivity (Wildman–Crippen MR) is 79.7 cm³/mol. The summed E-state index contributed by atoms with van der Waals surface area (Å²) in [4.78, 5) is 17.5. The van der Waals surface area contributed by atoms with E-state index in [1.165, 1.54) is 0 Å². The van der Waals surface area contributed by atoms with Crippen LogP contribution < -0.4 is 10.3 Å². The van der Waals surface area contributed by atoms with Crippen molar-refractivity contribution in [3.05, 3.63) is 60.4 Å². The second kappa shape index (κ2) is 7.04. The van der Waals surface area contributed by atoms with Gasteiger partial charge in [0.05, 0.1) is 12.8 Å². The first-order valence-electron chi connectivity index (χ1n) is 6.24. The Labute approximate surface area is 118 Å². The van der Waals surface area contributed by atoms with Crippen LogP contribution >= 0.6 is 0 Å². The molecule has 5 nitrogen and oxygen atoms in total. The predicted octanol–water partition coefficient (Wildman–Crippen LogP) is 1.67. The Hall–Kier alpha value is -2.69. The molecule has 1 aromatic carbocycles.